The normalized spacial score (nSPS) is 12.8. The predicted molar refractivity (Wildman–Crippen MR) is 57.7 cm³/mol. The zero-order valence-electron chi connectivity index (χ0n) is 8.91. The Balaban J connectivity index is 2.42. The summed E-state index contributed by atoms with van der Waals surface area (Å²) in [5.74, 6) is 0. The summed E-state index contributed by atoms with van der Waals surface area (Å²) in [6.07, 6.45) is 1.21. The molecule has 0 aliphatic carbocycles. The summed E-state index contributed by atoms with van der Waals surface area (Å²) in [5, 5.41) is 12.8. The van der Waals surface area contributed by atoms with Crippen molar-refractivity contribution in [3.8, 4) is 5.19 Å². The van der Waals surface area contributed by atoms with E-state index in [0.29, 0.717) is 5.19 Å². The number of rotatable bonds is 6. The molecule has 0 amide bonds. The van der Waals surface area contributed by atoms with E-state index in [1.165, 1.54) is 11.3 Å². The monoisotopic (exact) mass is 215 g/mol. The Hall–Kier alpha value is -0.680. The van der Waals surface area contributed by atoms with E-state index in [0.717, 1.165) is 24.5 Å². The minimum Gasteiger partial charge on any atom is -0.466 e. The van der Waals surface area contributed by atoms with Crippen LogP contribution in [0, 0.1) is 0 Å². The molecule has 1 N–H and O–H groups in total. The standard InChI is InChI=1S/C9H17N3OS/c1-4-7(3)13-9-12-11-8(14-9)6-10-5-2/h7,10H,4-6H2,1-3H3. The first kappa shape index (κ1) is 11.4. The summed E-state index contributed by atoms with van der Waals surface area (Å²) < 4.78 is 5.54. The van der Waals surface area contributed by atoms with E-state index in [-0.39, 0.29) is 6.10 Å². The summed E-state index contributed by atoms with van der Waals surface area (Å²) in [4.78, 5) is 0. The second-order valence-electron chi connectivity index (χ2n) is 3.08. The smallest absolute Gasteiger partial charge is 0.294 e. The van der Waals surface area contributed by atoms with Crippen LogP contribution in [0.5, 0.6) is 5.19 Å². The first-order valence-corrected chi connectivity index (χ1v) is 5.77. The van der Waals surface area contributed by atoms with Crippen LogP contribution in [0.3, 0.4) is 0 Å². The Bertz CT molecular complexity index is 264. The fraction of sp³-hybridized carbons (Fsp3) is 0.778. The summed E-state index contributed by atoms with van der Waals surface area (Å²) in [6.45, 7) is 7.91. The number of hydrogen-bond donors (Lipinski definition) is 1. The first-order valence-electron chi connectivity index (χ1n) is 4.96. The number of nitrogens with zero attached hydrogens (tertiary/aromatic N) is 2. The number of hydrogen-bond acceptors (Lipinski definition) is 5. The van der Waals surface area contributed by atoms with Crippen LogP contribution < -0.4 is 10.1 Å². The highest BCUT2D eigenvalue weighted by atomic mass is 32.1. The number of ether oxygens (including phenoxy) is 1. The largest absolute Gasteiger partial charge is 0.466 e. The van der Waals surface area contributed by atoms with Crippen LogP contribution in [0.4, 0.5) is 0 Å². The van der Waals surface area contributed by atoms with Gasteiger partial charge in [0, 0.05) is 6.54 Å². The highest BCUT2D eigenvalue weighted by Crippen LogP contribution is 2.19. The molecule has 0 fully saturated rings. The van der Waals surface area contributed by atoms with Gasteiger partial charge in [-0.25, -0.2) is 0 Å². The van der Waals surface area contributed by atoms with E-state index < -0.39 is 0 Å². The number of nitrogens with one attached hydrogen (secondary N) is 1. The summed E-state index contributed by atoms with van der Waals surface area (Å²) in [5.41, 5.74) is 0. The van der Waals surface area contributed by atoms with Gasteiger partial charge >= 0.3 is 0 Å². The van der Waals surface area contributed by atoms with Gasteiger partial charge in [-0.15, -0.1) is 5.10 Å². The van der Waals surface area contributed by atoms with Gasteiger partial charge in [0.05, 0.1) is 6.10 Å². The van der Waals surface area contributed by atoms with Crippen molar-refractivity contribution in [2.75, 3.05) is 6.54 Å². The molecule has 5 heteroatoms. The molecular formula is C9H17N3OS. The summed E-state index contributed by atoms with van der Waals surface area (Å²) in [6, 6.07) is 0. The maximum absolute atomic E-state index is 5.54. The second-order valence-corrected chi connectivity index (χ2v) is 4.10. The third kappa shape index (κ3) is 3.59. The molecule has 1 rings (SSSR count). The van der Waals surface area contributed by atoms with Gasteiger partial charge in [-0.2, -0.15) is 0 Å². The van der Waals surface area contributed by atoms with E-state index in [1.54, 1.807) is 0 Å². The molecule has 4 nitrogen and oxygen atoms in total. The second kappa shape index (κ2) is 5.93. The molecule has 1 unspecified atom stereocenters. The van der Waals surface area contributed by atoms with Crippen LogP contribution >= 0.6 is 11.3 Å². The molecule has 14 heavy (non-hydrogen) atoms. The maximum atomic E-state index is 5.54. The van der Waals surface area contributed by atoms with Crippen LogP contribution in [0.15, 0.2) is 0 Å². The van der Waals surface area contributed by atoms with E-state index in [2.05, 4.69) is 29.4 Å². The van der Waals surface area contributed by atoms with E-state index >= 15 is 0 Å². The lowest BCUT2D eigenvalue weighted by Gasteiger charge is -2.07. The van der Waals surface area contributed by atoms with Gasteiger partial charge in [-0.1, -0.05) is 30.3 Å². The Morgan fingerprint density at radius 1 is 1.43 bits per heavy atom. The van der Waals surface area contributed by atoms with E-state index in [9.17, 15) is 0 Å². The molecule has 0 aromatic carbocycles. The van der Waals surface area contributed by atoms with Crippen molar-refractivity contribution in [1.29, 1.82) is 0 Å². The Morgan fingerprint density at radius 3 is 2.86 bits per heavy atom. The molecule has 0 aliphatic heterocycles. The molecule has 0 saturated carbocycles. The van der Waals surface area contributed by atoms with Gasteiger partial charge in [0.1, 0.15) is 5.01 Å². The molecule has 0 saturated heterocycles. The SMILES string of the molecule is CCNCc1nnc(OC(C)CC)s1. The molecule has 80 valence electrons. The predicted octanol–water partition coefficient (Wildman–Crippen LogP) is 1.82. The van der Waals surface area contributed by atoms with Crippen molar-refractivity contribution in [2.24, 2.45) is 0 Å². The van der Waals surface area contributed by atoms with E-state index in [4.69, 9.17) is 4.74 Å². The fourth-order valence-electron chi connectivity index (χ4n) is 0.845. The lowest BCUT2D eigenvalue weighted by atomic mass is 10.3. The molecule has 0 spiro atoms. The Morgan fingerprint density at radius 2 is 2.21 bits per heavy atom. The van der Waals surface area contributed by atoms with Crippen molar-refractivity contribution in [3.63, 3.8) is 0 Å². The van der Waals surface area contributed by atoms with Gasteiger partial charge in [0.25, 0.3) is 5.19 Å². The molecular weight excluding hydrogens is 198 g/mol. The lowest BCUT2D eigenvalue weighted by Crippen LogP contribution is -2.11. The van der Waals surface area contributed by atoms with Crippen LogP contribution in [-0.4, -0.2) is 22.8 Å². The van der Waals surface area contributed by atoms with Gasteiger partial charge in [-0.05, 0) is 19.9 Å². The van der Waals surface area contributed by atoms with Gasteiger partial charge in [0.15, 0.2) is 0 Å². The molecule has 1 aromatic heterocycles. The molecule has 1 aromatic rings. The Kier molecular flexibility index (Phi) is 4.82. The highest BCUT2D eigenvalue weighted by molar-refractivity contribution is 7.13. The minimum atomic E-state index is 0.218. The lowest BCUT2D eigenvalue weighted by molar-refractivity contribution is 0.215. The zero-order chi connectivity index (χ0) is 10.4. The van der Waals surface area contributed by atoms with Crippen LogP contribution in [0.1, 0.15) is 32.2 Å². The van der Waals surface area contributed by atoms with Crippen LogP contribution in [0.2, 0.25) is 0 Å². The maximum Gasteiger partial charge on any atom is 0.294 e. The fourth-order valence-corrected chi connectivity index (χ4v) is 1.60. The highest BCUT2D eigenvalue weighted by Gasteiger charge is 2.07. The Labute approximate surface area is 88.7 Å². The topological polar surface area (TPSA) is 47.0 Å². The molecule has 0 aliphatic rings. The van der Waals surface area contributed by atoms with Crippen molar-refractivity contribution < 1.29 is 4.74 Å². The van der Waals surface area contributed by atoms with Crippen LogP contribution in [0.25, 0.3) is 0 Å². The molecule has 1 heterocycles. The van der Waals surface area contributed by atoms with Gasteiger partial charge < -0.3 is 10.1 Å². The summed E-state index contributed by atoms with van der Waals surface area (Å²) in [7, 11) is 0. The molecule has 0 radical (unpaired) electrons. The first-order chi connectivity index (χ1) is 6.76. The average Bonchev–Trinajstić information content (AvgIpc) is 2.62. The number of aromatic nitrogens is 2. The van der Waals surface area contributed by atoms with Crippen molar-refractivity contribution in [1.82, 2.24) is 15.5 Å². The zero-order valence-corrected chi connectivity index (χ0v) is 9.73. The van der Waals surface area contributed by atoms with Gasteiger partial charge in [-0.3, -0.25) is 0 Å². The third-order valence-corrected chi connectivity index (χ3v) is 2.67. The quantitative estimate of drug-likeness (QED) is 0.786. The molecule has 1 atom stereocenters. The van der Waals surface area contributed by atoms with Crippen molar-refractivity contribution in [3.05, 3.63) is 5.01 Å². The minimum absolute atomic E-state index is 0.218. The van der Waals surface area contributed by atoms with Crippen molar-refractivity contribution in [2.45, 2.75) is 39.8 Å². The van der Waals surface area contributed by atoms with Crippen molar-refractivity contribution >= 4 is 11.3 Å². The molecule has 0 bridgehead atoms. The average molecular weight is 215 g/mol. The van der Waals surface area contributed by atoms with Crippen LogP contribution in [-0.2, 0) is 6.54 Å². The van der Waals surface area contributed by atoms with E-state index in [1.807, 2.05) is 6.92 Å². The third-order valence-electron chi connectivity index (χ3n) is 1.85. The summed E-state index contributed by atoms with van der Waals surface area (Å²) >= 11 is 1.51. The van der Waals surface area contributed by atoms with Gasteiger partial charge in [0.2, 0.25) is 0 Å².